The minimum Gasteiger partial charge on any atom is -0.464 e. The minimum absolute atomic E-state index is 0.151. The van der Waals surface area contributed by atoms with Crippen molar-refractivity contribution in [1.82, 2.24) is 15.2 Å². The molecule has 1 fully saturated rings. The fourth-order valence-corrected chi connectivity index (χ4v) is 3.02. The van der Waals surface area contributed by atoms with Crippen LogP contribution in [0.1, 0.15) is 51.5 Å². The number of hydrogen-bond acceptors (Lipinski definition) is 4. The molecule has 6 nitrogen and oxygen atoms in total. The van der Waals surface area contributed by atoms with Crippen molar-refractivity contribution in [3.8, 4) is 0 Å². The van der Waals surface area contributed by atoms with Gasteiger partial charge in [0.1, 0.15) is 6.04 Å². The Morgan fingerprint density at radius 1 is 1.42 bits per heavy atom. The summed E-state index contributed by atoms with van der Waals surface area (Å²) >= 11 is 0. The van der Waals surface area contributed by atoms with Gasteiger partial charge < -0.3 is 15.0 Å². The largest absolute Gasteiger partial charge is 0.464 e. The summed E-state index contributed by atoms with van der Waals surface area (Å²) in [6.45, 7) is 5.82. The van der Waals surface area contributed by atoms with Crippen LogP contribution in [0.2, 0.25) is 0 Å². The molecule has 144 valence electrons. The summed E-state index contributed by atoms with van der Waals surface area (Å²) in [7, 11) is 0. The van der Waals surface area contributed by atoms with Gasteiger partial charge in [0.2, 0.25) is 0 Å². The van der Waals surface area contributed by atoms with E-state index in [0.717, 1.165) is 37.7 Å². The Labute approximate surface area is 156 Å². The van der Waals surface area contributed by atoms with Gasteiger partial charge in [-0.1, -0.05) is 26.3 Å². The second-order valence-electron chi connectivity index (χ2n) is 7.04. The Balaban J connectivity index is 1.77. The molecule has 1 N–H and O–H groups in total. The summed E-state index contributed by atoms with van der Waals surface area (Å²) in [6, 6.07) is 3.31. The Hall–Kier alpha value is -2.11. The number of carbonyl (C=O) groups is 2. The topological polar surface area (TPSA) is 71.5 Å². The molecule has 1 saturated heterocycles. The highest BCUT2D eigenvalue weighted by Gasteiger charge is 2.33. The van der Waals surface area contributed by atoms with Gasteiger partial charge in [-0.3, -0.25) is 4.98 Å². The molecular weight excluding hydrogens is 330 g/mol. The normalized spacial score (nSPS) is 18.2. The lowest BCUT2D eigenvalue weighted by Crippen LogP contribution is -2.52. The average molecular weight is 361 g/mol. The van der Waals surface area contributed by atoms with Gasteiger partial charge in [-0.15, -0.1) is 0 Å². The number of nitrogens with one attached hydrogen (secondary N) is 1. The number of urea groups is 1. The number of carbonyl (C=O) groups excluding carboxylic acids is 2. The van der Waals surface area contributed by atoms with E-state index in [-0.39, 0.29) is 12.0 Å². The van der Waals surface area contributed by atoms with E-state index in [9.17, 15) is 9.59 Å². The van der Waals surface area contributed by atoms with E-state index >= 15 is 0 Å². The minimum atomic E-state index is -0.459. The molecule has 0 bridgehead atoms. The van der Waals surface area contributed by atoms with E-state index in [1.807, 2.05) is 18.3 Å². The average Bonchev–Trinajstić information content (AvgIpc) is 2.69. The molecule has 2 unspecified atom stereocenters. The summed E-state index contributed by atoms with van der Waals surface area (Å²) in [4.78, 5) is 30.6. The third-order valence-electron chi connectivity index (χ3n) is 4.91. The molecule has 1 aliphatic heterocycles. The quantitative estimate of drug-likeness (QED) is 0.570. The van der Waals surface area contributed by atoms with Crippen LogP contribution in [-0.2, 0) is 16.0 Å². The summed E-state index contributed by atoms with van der Waals surface area (Å²) in [5, 5.41) is 2.95. The highest BCUT2D eigenvalue weighted by molar-refractivity contribution is 5.83. The number of aryl methyl sites for hydroxylation is 1. The Kier molecular flexibility index (Phi) is 8.38. The van der Waals surface area contributed by atoms with Crippen LogP contribution in [0.15, 0.2) is 24.5 Å². The Morgan fingerprint density at radius 3 is 3.00 bits per heavy atom. The molecule has 2 heterocycles. The summed E-state index contributed by atoms with van der Waals surface area (Å²) in [6.07, 6.45) is 8.72. The van der Waals surface area contributed by atoms with Crippen LogP contribution in [0.25, 0.3) is 0 Å². The molecule has 0 aromatic carbocycles. The van der Waals surface area contributed by atoms with Crippen LogP contribution in [0, 0.1) is 5.92 Å². The van der Waals surface area contributed by atoms with Crippen LogP contribution >= 0.6 is 0 Å². The molecule has 1 aliphatic rings. The van der Waals surface area contributed by atoms with Gasteiger partial charge in [-0.05, 0) is 49.7 Å². The van der Waals surface area contributed by atoms with E-state index in [4.69, 9.17) is 4.74 Å². The van der Waals surface area contributed by atoms with E-state index < -0.39 is 6.04 Å². The van der Waals surface area contributed by atoms with Crippen molar-refractivity contribution in [2.24, 2.45) is 5.92 Å². The van der Waals surface area contributed by atoms with E-state index in [1.165, 1.54) is 0 Å². The van der Waals surface area contributed by atoms with Gasteiger partial charge in [0, 0.05) is 25.5 Å². The lowest BCUT2D eigenvalue weighted by atomic mass is 10.0. The number of ether oxygens (including phenoxy) is 1. The van der Waals surface area contributed by atoms with Crippen molar-refractivity contribution in [3.63, 3.8) is 0 Å². The van der Waals surface area contributed by atoms with Crippen LogP contribution < -0.4 is 5.32 Å². The molecule has 0 spiro atoms. The Bertz CT molecular complexity index is 565. The van der Waals surface area contributed by atoms with Gasteiger partial charge in [0.05, 0.1) is 6.61 Å². The van der Waals surface area contributed by atoms with Crippen molar-refractivity contribution in [2.75, 3.05) is 19.7 Å². The maximum Gasteiger partial charge on any atom is 0.328 e. The first-order valence-electron chi connectivity index (χ1n) is 9.71. The fourth-order valence-electron chi connectivity index (χ4n) is 3.02. The van der Waals surface area contributed by atoms with Crippen molar-refractivity contribution < 1.29 is 14.3 Å². The van der Waals surface area contributed by atoms with Gasteiger partial charge in [-0.25, -0.2) is 9.59 Å². The number of esters is 1. The molecule has 0 aliphatic carbocycles. The standard InChI is InChI=1S/C20H31N3O3/c1-3-16(2)14-22-20(25)23-12-5-4-10-18(23)19(24)26-13-7-9-17-8-6-11-21-15-17/h6,8,11,15-16,18H,3-5,7,9-10,12-14H2,1-2H3,(H,22,25). The van der Waals surface area contributed by atoms with Gasteiger partial charge in [0.15, 0.2) is 0 Å². The molecular formula is C20H31N3O3. The van der Waals surface area contributed by atoms with Crippen molar-refractivity contribution in [2.45, 2.75) is 58.4 Å². The smallest absolute Gasteiger partial charge is 0.328 e. The summed E-state index contributed by atoms with van der Waals surface area (Å²) < 4.78 is 5.45. The molecule has 6 heteroatoms. The first kappa shape index (κ1) is 20.2. The van der Waals surface area contributed by atoms with Crippen molar-refractivity contribution in [1.29, 1.82) is 0 Å². The fraction of sp³-hybridized carbons (Fsp3) is 0.650. The molecule has 0 radical (unpaired) electrons. The third-order valence-corrected chi connectivity index (χ3v) is 4.91. The molecule has 0 saturated carbocycles. The first-order valence-corrected chi connectivity index (χ1v) is 9.71. The second-order valence-corrected chi connectivity index (χ2v) is 7.04. The summed E-state index contributed by atoms with van der Waals surface area (Å²) in [5.74, 6) is 0.149. The number of amides is 2. The number of likely N-dealkylation sites (tertiary alicyclic amines) is 1. The highest BCUT2D eigenvalue weighted by atomic mass is 16.5. The number of aromatic nitrogens is 1. The van der Waals surface area contributed by atoms with E-state index in [2.05, 4.69) is 24.1 Å². The third kappa shape index (κ3) is 6.32. The number of nitrogens with zero attached hydrogens (tertiary/aromatic N) is 2. The monoisotopic (exact) mass is 361 g/mol. The predicted molar refractivity (Wildman–Crippen MR) is 101 cm³/mol. The molecule has 2 rings (SSSR count). The van der Waals surface area contributed by atoms with E-state index in [0.29, 0.717) is 32.0 Å². The Morgan fingerprint density at radius 2 is 2.27 bits per heavy atom. The first-order chi connectivity index (χ1) is 12.6. The van der Waals surface area contributed by atoms with Crippen LogP contribution in [0.3, 0.4) is 0 Å². The zero-order chi connectivity index (χ0) is 18.8. The number of piperidine rings is 1. The summed E-state index contributed by atoms with van der Waals surface area (Å²) in [5.41, 5.74) is 1.13. The number of pyridine rings is 1. The van der Waals surface area contributed by atoms with Gasteiger partial charge in [-0.2, -0.15) is 0 Å². The van der Waals surface area contributed by atoms with Crippen LogP contribution in [0.5, 0.6) is 0 Å². The molecule has 26 heavy (non-hydrogen) atoms. The maximum atomic E-state index is 12.5. The second kappa shape index (κ2) is 10.8. The molecule has 1 aromatic heterocycles. The zero-order valence-corrected chi connectivity index (χ0v) is 15.9. The lowest BCUT2D eigenvalue weighted by Gasteiger charge is -2.34. The number of rotatable bonds is 8. The highest BCUT2D eigenvalue weighted by Crippen LogP contribution is 2.18. The maximum absolute atomic E-state index is 12.5. The van der Waals surface area contributed by atoms with Gasteiger partial charge in [0.25, 0.3) is 0 Å². The lowest BCUT2D eigenvalue weighted by molar-refractivity contribution is -0.150. The predicted octanol–water partition coefficient (Wildman–Crippen LogP) is 3.17. The van der Waals surface area contributed by atoms with E-state index in [1.54, 1.807) is 11.1 Å². The molecule has 2 amide bonds. The van der Waals surface area contributed by atoms with Crippen molar-refractivity contribution >= 4 is 12.0 Å². The van der Waals surface area contributed by atoms with Crippen LogP contribution in [-0.4, -0.2) is 47.6 Å². The molecule has 1 aromatic rings. The molecule has 2 atom stereocenters. The SMILES string of the molecule is CCC(C)CNC(=O)N1CCCCC1C(=O)OCCCc1cccnc1. The number of hydrogen-bond donors (Lipinski definition) is 1. The zero-order valence-electron chi connectivity index (χ0n) is 15.9. The van der Waals surface area contributed by atoms with Crippen molar-refractivity contribution in [3.05, 3.63) is 30.1 Å². The van der Waals surface area contributed by atoms with Crippen LogP contribution in [0.4, 0.5) is 4.79 Å². The van der Waals surface area contributed by atoms with Gasteiger partial charge >= 0.3 is 12.0 Å².